The Morgan fingerprint density at radius 1 is 0.789 bits per heavy atom. The fourth-order valence-corrected chi connectivity index (χ4v) is 1.95. The quantitative estimate of drug-likeness (QED) is 0.483. The van der Waals surface area contributed by atoms with E-state index in [0.29, 0.717) is 0 Å². The number of benzene rings is 1. The summed E-state index contributed by atoms with van der Waals surface area (Å²) in [5.41, 5.74) is 0. The van der Waals surface area contributed by atoms with Gasteiger partial charge in [0.15, 0.2) is 11.5 Å². The van der Waals surface area contributed by atoms with Gasteiger partial charge in [-0.1, -0.05) is 34.8 Å². The van der Waals surface area contributed by atoms with Crippen LogP contribution in [0.1, 0.15) is 13.8 Å². The molecular formula is C11H9Cl3O5. The molecule has 1 aromatic carbocycles. The lowest BCUT2D eigenvalue weighted by atomic mass is 10.3. The van der Waals surface area contributed by atoms with Crippen LogP contribution in [0.25, 0.3) is 0 Å². The number of rotatable bonds is 3. The molecule has 104 valence electrons. The Kier molecular flexibility index (Phi) is 5.29. The summed E-state index contributed by atoms with van der Waals surface area (Å²) < 4.78 is 14.8. The highest BCUT2D eigenvalue weighted by Gasteiger charge is 2.27. The minimum Gasteiger partial charge on any atom is -0.491 e. The number of carbonyl (C=O) groups excluding carboxylic acids is 2. The molecule has 0 aliphatic rings. The topological polar surface area (TPSA) is 61.8 Å². The molecule has 0 fully saturated rings. The molecule has 1 aromatic rings. The number of esters is 2. The first-order valence-corrected chi connectivity index (χ1v) is 6.04. The molecule has 0 heterocycles. The smallest absolute Gasteiger partial charge is 0.308 e. The van der Waals surface area contributed by atoms with E-state index < -0.39 is 11.9 Å². The minimum atomic E-state index is -0.671. The Hall–Kier alpha value is -1.17. The van der Waals surface area contributed by atoms with Crippen LogP contribution in [0, 0.1) is 0 Å². The third-order valence-electron chi connectivity index (χ3n) is 1.89. The van der Waals surface area contributed by atoms with Crippen molar-refractivity contribution in [3.63, 3.8) is 0 Å². The molecule has 0 spiro atoms. The van der Waals surface area contributed by atoms with E-state index in [1.807, 2.05) is 0 Å². The van der Waals surface area contributed by atoms with Crippen LogP contribution < -0.4 is 14.2 Å². The third-order valence-corrected chi connectivity index (χ3v) is 3.18. The molecule has 0 atom stereocenters. The van der Waals surface area contributed by atoms with E-state index in [2.05, 4.69) is 0 Å². The van der Waals surface area contributed by atoms with Crippen LogP contribution in [0.5, 0.6) is 17.2 Å². The average Bonchev–Trinajstić information content (AvgIpc) is 2.31. The molecule has 0 saturated heterocycles. The van der Waals surface area contributed by atoms with Gasteiger partial charge in [0.05, 0.1) is 12.1 Å². The van der Waals surface area contributed by atoms with E-state index >= 15 is 0 Å². The van der Waals surface area contributed by atoms with Crippen molar-refractivity contribution >= 4 is 46.7 Å². The maximum atomic E-state index is 11.1. The zero-order valence-electron chi connectivity index (χ0n) is 10.2. The van der Waals surface area contributed by atoms with Crippen LogP contribution in [0.4, 0.5) is 0 Å². The lowest BCUT2D eigenvalue weighted by Gasteiger charge is -2.16. The molecule has 0 aliphatic carbocycles. The van der Waals surface area contributed by atoms with Crippen molar-refractivity contribution in [2.75, 3.05) is 7.11 Å². The van der Waals surface area contributed by atoms with Gasteiger partial charge in [-0.3, -0.25) is 9.59 Å². The van der Waals surface area contributed by atoms with E-state index in [0.717, 1.165) is 13.8 Å². The molecule has 5 nitrogen and oxygen atoms in total. The van der Waals surface area contributed by atoms with Crippen molar-refractivity contribution in [3.8, 4) is 17.2 Å². The summed E-state index contributed by atoms with van der Waals surface area (Å²) in [6, 6.07) is 0. The van der Waals surface area contributed by atoms with E-state index in [-0.39, 0.29) is 32.3 Å². The van der Waals surface area contributed by atoms with Crippen LogP contribution >= 0.6 is 34.8 Å². The van der Waals surface area contributed by atoms with Gasteiger partial charge in [0.2, 0.25) is 5.75 Å². The predicted molar refractivity (Wildman–Crippen MR) is 70.6 cm³/mol. The van der Waals surface area contributed by atoms with Gasteiger partial charge < -0.3 is 14.2 Å². The van der Waals surface area contributed by atoms with Crippen LogP contribution in [0.3, 0.4) is 0 Å². The number of hydrogen-bond donors (Lipinski definition) is 0. The van der Waals surface area contributed by atoms with Gasteiger partial charge in [0, 0.05) is 13.8 Å². The summed E-state index contributed by atoms with van der Waals surface area (Å²) in [6.45, 7) is 2.32. The first-order chi connectivity index (χ1) is 8.79. The number of ether oxygens (including phenoxy) is 3. The largest absolute Gasteiger partial charge is 0.491 e. The highest BCUT2D eigenvalue weighted by molar-refractivity contribution is 6.49. The van der Waals surface area contributed by atoms with Crippen LogP contribution in [-0.4, -0.2) is 19.0 Å². The van der Waals surface area contributed by atoms with Crippen molar-refractivity contribution in [3.05, 3.63) is 15.1 Å². The second kappa shape index (κ2) is 6.32. The first-order valence-electron chi connectivity index (χ1n) is 4.90. The van der Waals surface area contributed by atoms with Crippen molar-refractivity contribution in [2.24, 2.45) is 0 Å². The van der Waals surface area contributed by atoms with Gasteiger partial charge in [-0.15, -0.1) is 0 Å². The molecule has 0 unspecified atom stereocenters. The second-order valence-electron chi connectivity index (χ2n) is 3.32. The maximum Gasteiger partial charge on any atom is 0.308 e. The van der Waals surface area contributed by atoms with Crippen LogP contribution in [0.2, 0.25) is 15.1 Å². The number of halogens is 3. The summed E-state index contributed by atoms with van der Waals surface area (Å²) in [5.74, 6) is -1.82. The molecule has 0 radical (unpaired) electrons. The van der Waals surface area contributed by atoms with Crippen molar-refractivity contribution in [1.29, 1.82) is 0 Å². The van der Waals surface area contributed by atoms with Crippen molar-refractivity contribution in [2.45, 2.75) is 13.8 Å². The Morgan fingerprint density at radius 3 is 1.63 bits per heavy atom. The standard InChI is InChI=1S/C11H9Cl3O5/c1-4(15)18-10-8(14)6(12)7(13)9(17-3)11(10)19-5(2)16/h1-3H3. The number of carbonyl (C=O) groups is 2. The van der Waals surface area contributed by atoms with Crippen molar-refractivity contribution in [1.82, 2.24) is 0 Å². The van der Waals surface area contributed by atoms with E-state index in [9.17, 15) is 9.59 Å². The van der Waals surface area contributed by atoms with E-state index in [1.54, 1.807) is 0 Å². The highest BCUT2D eigenvalue weighted by atomic mass is 35.5. The summed E-state index contributed by atoms with van der Waals surface area (Å²) in [6.07, 6.45) is 0. The average molecular weight is 328 g/mol. The summed E-state index contributed by atoms with van der Waals surface area (Å²) in [5, 5.41) is -0.285. The molecule has 8 heteroatoms. The second-order valence-corrected chi connectivity index (χ2v) is 4.45. The molecule has 0 N–H and O–H groups in total. The monoisotopic (exact) mass is 326 g/mol. The summed E-state index contributed by atoms with van der Waals surface area (Å²) in [4.78, 5) is 22.2. The van der Waals surface area contributed by atoms with Gasteiger partial charge >= 0.3 is 11.9 Å². The van der Waals surface area contributed by atoms with Gasteiger partial charge in [0.1, 0.15) is 10.0 Å². The molecule has 19 heavy (non-hydrogen) atoms. The maximum absolute atomic E-state index is 11.1. The van der Waals surface area contributed by atoms with E-state index in [4.69, 9.17) is 49.0 Å². The zero-order chi connectivity index (χ0) is 14.7. The molecule has 0 saturated carbocycles. The Labute approximate surface area is 124 Å². The summed E-state index contributed by atoms with van der Waals surface area (Å²) >= 11 is 17.7. The molecular weight excluding hydrogens is 318 g/mol. The van der Waals surface area contributed by atoms with E-state index in [1.165, 1.54) is 7.11 Å². The fourth-order valence-electron chi connectivity index (χ4n) is 1.25. The van der Waals surface area contributed by atoms with Gasteiger partial charge in [0.25, 0.3) is 0 Å². The van der Waals surface area contributed by atoms with Gasteiger partial charge in [-0.25, -0.2) is 0 Å². The third kappa shape index (κ3) is 3.43. The summed E-state index contributed by atoms with van der Waals surface area (Å²) in [7, 11) is 1.29. The molecule has 0 aliphatic heterocycles. The lowest BCUT2D eigenvalue weighted by molar-refractivity contribution is -0.134. The fraction of sp³-hybridized carbons (Fsp3) is 0.273. The normalized spacial score (nSPS) is 10.0. The Balaban J connectivity index is 3.60. The van der Waals surface area contributed by atoms with Crippen LogP contribution in [-0.2, 0) is 9.59 Å². The number of methoxy groups -OCH3 is 1. The number of hydrogen-bond acceptors (Lipinski definition) is 5. The lowest BCUT2D eigenvalue weighted by Crippen LogP contribution is -2.09. The van der Waals surface area contributed by atoms with Crippen molar-refractivity contribution < 1.29 is 23.8 Å². The molecule has 1 rings (SSSR count). The predicted octanol–water partition coefficient (Wildman–Crippen LogP) is 3.51. The SMILES string of the molecule is COc1c(Cl)c(Cl)c(Cl)c(OC(C)=O)c1OC(C)=O. The molecule has 0 amide bonds. The highest BCUT2D eigenvalue weighted by Crippen LogP contribution is 2.52. The Morgan fingerprint density at radius 2 is 1.21 bits per heavy atom. The van der Waals surface area contributed by atoms with Gasteiger partial charge in [-0.2, -0.15) is 0 Å². The molecule has 0 bridgehead atoms. The first kappa shape index (κ1) is 15.9. The van der Waals surface area contributed by atoms with Crippen LogP contribution in [0.15, 0.2) is 0 Å². The Bertz CT molecular complexity index is 542. The minimum absolute atomic E-state index is 0.0532. The zero-order valence-corrected chi connectivity index (χ0v) is 12.4. The molecule has 0 aromatic heterocycles. The van der Waals surface area contributed by atoms with Gasteiger partial charge in [-0.05, 0) is 0 Å².